The summed E-state index contributed by atoms with van der Waals surface area (Å²) in [7, 11) is 0. The van der Waals surface area contributed by atoms with E-state index in [1.165, 1.54) is 23.9 Å². The van der Waals surface area contributed by atoms with Gasteiger partial charge in [0, 0.05) is 23.4 Å². The molecule has 0 unspecified atom stereocenters. The summed E-state index contributed by atoms with van der Waals surface area (Å²) in [5.74, 6) is 1.10. The zero-order valence-electron chi connectivity index (χ0n) is 17.8. The number of non-ortho nitro benzene ring substituents is 1. The van der Waals surface area contributed by atoms with E-state index in [2.05, 4.69) is 9.97 Å². The molecule has 168 valence electrons. The minimum atomic E-state index is -0.525. The van der Waals surface area contributed by atoms with E-state index in [0.29, 0.717) is 28.8 Å². The number of nitro benzene ring substituents is 1. The summed E-state index contributed by atoms with van der Waals surface area (Å²) >= 11 is 1.27. The Kier molecular flexibility index (Phi) is 7.01. The highest BCUT2D eigenvalue weighted by molar-refractivity contribution is 7.98. The van der Waals surface area contributed by atoms with Crippen molar-refractivity contribution >= 4 is 17.4 Å². The molecule has 1 heterocycles. The van der Waals surface area contributed by atoms with Gasteiger partial charge in [0.15, 0.2) is 5.16 Å². The average Bonchev–Trinajstić information content (AvgIpc) is 2.87. The number of aromatic nitrogens is 2. The van der Waals surface area contributed by atoms with Gasteiger partial charge >= 0.3 is 0 Å². The van der Waals surface area contributed by atoms with Gasteiger partial charge in [0.25, 0.3) is 11.2 Å². The quantitative estimate of drug-likeness (QED) is 0.165. The summed E-state index contributed by atoms with van der Waals surface area (Å²) in [6, 6.07) is 24.9. The maximum Gasteiger partial charge on any atom is 0.270 e. The van der Waals surface area contributed by atoms with E-state index in [4.69, 9.17) is 4.74 Å². The summed E-state index contributed by atoms with van der Waals surface area (Å²) in [5, 5.41) is 20.6. The molecule has 0 spiro atoms. The number of nitrogens with zero attached hydrogens (tertiary/aromatic N) is 3. The second-order valence-electron chi connectivity index (χ2n) is 7.22. The predicted molar refractivity (Wildman–Crippen MR) is 128 cm³/mol. The highest BCUT2D eigenvalue weighted by Crippen LogP contribution is 2.26. The standard InChI is InChI=1S/C25H18N4O4S/c26-14-22-23(19-8-12-21(13-9-19)33-15-17-4-2-1-3-5-17)27-25(28-24(22)30)34-16-18-6-10-20(11-7-18)29(31)32/h1-13H,15-16H2,(H,27,28,30). The predicted octanol–water partition coefficient (Wildman–Crippen LogP) is 5.09. The third kappa shape index (κ3) is 5.49. The highest BCUT2D eigenvalue weighted by atomic mass is 32.2. The van der Waals surface area contributed by atoms with Gasteiger partial charge in [-0.25, -0.2) is 4.98 Å². The Hall–Kier alpha value is -4.42. The first kappa shape index (κ1) is 22.8. The molecule has 0 bridgehead atoms. The van der Waals surface area contributed by atoms with Gasteiger partial charge in [0.05, 0.1) is 10.6 Å². The maximum atomic E-state index is 12.5. The Labute approximate surface area is 199 Å². The van der Waals surface area contributed by atoms with Crippen LogP contribution >= 0.6 is 11.8 Å². The summed E-state index contributed by atoms with van der Waals surface area (Å²) < 4.78 is 5.80. The van der Waals surface area contributed by atoms with Crippen LogP contribution in [0.1, 0.15) is 16.7 Å². The lowest BCUT2D eigenvalue weighted by Gasteiger charge is -2.09. The summed E-state index contributed by atoms with van der Waals surface area (Å²) in [6.45, 7) is 0.427. The van der Waals surface area contributed by atoms with Crippen LogP contribution in [0.3, 0.4) is 0 Å². The third-order valence-electron chi connectivity index (χ3n) is 4.91. The molecule has 1 aromatic heterocycles. The van der Waals surface area contributed by atoms with Crippen LogP contribution in [0, 0.1) is 21.4 Å². The molecule has 0 saturated carbocycles. The molecule has 8 nitrogen and oxygen atoms in total. The molecule has 1 N–H and O–H groups in total. The minimum absolute atomic E-state index is 0.0112. The third-order valence-corrected chi connectivity index (χ3v) is 5.85. The van der Waals surface area contributed by atoms with Gasteiger partial charge in [-0.1, -0.05) is 54.2 Å². The number of hydrogen-bond acceptors (Lipinski definition) is 7. The van der Waals surface area contributed by atoms with Crippen molar-refractivity contribution in [2.75, 3.05) is 0 Å². The van der Waals surface area contributed by atoms with Crippen molar-refractivity contribution in [1.29, 1.82) is 5.26 Å². The number of rotatable bonds is 8. The van der Waals surface area contributed by atoms with Gasteiger partial charge in [0.2, 0.25) is 0 Å². The van der Waals surface area contributed by atoms with Crippen molar-refractivity contribution in [2.24, 2.45) is 0 Å². The second kappa shape index (κ2) is 10.5. The molecule has 0 fully saturated rings. The number of ether oxygens (including phenoxy) is 1. The van der Waals surface area contributed by atoms with Crippen LogP contribution in [-0.2, 0) is 12.4 Å². The molecule has 4 aromatic rings. The number of aromatic amines is 1. The first-order chi connectivity index (χ1) is 16.5. The van der Waals surface area contributed by atoms with Crippen LogP contribution < -0.4 is 10.3 Å². The first-order valence-electron chi connectivity index (χ1n) is 10.2. The van der Waals surface area contributed by atoms with Gasteiger partial charge in [-0.3, -0.25) is 14.9 Å². The number of benzene rings is 3. The summed E-state index contributed by atoms with van der Waals surface area (Å²) in [4.78, 5) is 30.0. The normalized spacial score (nSPS) is 10.4. The average molecular weight is 471 g/mol. The van der Waals surface area contributed by atoms with Crippen molar-refractivity contribution < 1.29 is 9.66 Å². The second-order valence-corrected chi connectivity index (χ2v) is 8.18. The Balaban J connectivity index is 1.51. The van der Waals surface area contributed by atoms with E-state index >= 15 is 0 Å². The van der Waals surface area contributed by atoms with Crippen molar-refractivity contribution in [3.8, 4) is 23.1 Å². The molecule has 4 rings (SSSR count). The van der Waals surface area contributed by atoms with E-state index < -0.39 is 10.5 Å². The number of hydrogen-bond donors (Lipinski definition) is 1. The lowest BCUT2D eigenvalue weighted by molar-refractivity contribution is -0.384. The molecule has 0 radical (unpaired) electrons. The molecule has 0 atom stereocenters. The van der Waals surface area contributed by atoms with Crippen LogP contribution in [-0.4, -0.2) is 14.9 Å². The van der Waals surface area contributed by atoms with Gasteiger partial charge in [-0.2, -0.15) is 5.26 Å². The zero-order chi connectivity index (χ0) is 23.9. The molecule has 0 aliphatic rings. The zero-order valence-corrected chi connectivity index (χ0v) is 18.6. The van der Waals surface area contributed by atoms with Crippen molar-refractivity contribution in [1.82, 2.24) is 9.97 Å². The SMILES string of the molecule is N#Cc1c(-c2ccc(OCc3ccccc3)cc2)nc(SCc2ccc([N+](=O)[O-])cc2)[nH]c1=O. The molecule has 34 heavy (non-hydrogen) atoms. The Morgan fingerprint density at radius 3 is 2.35 bits per heavy atom. The molecule has 3 aromatic carbocycles. The molecule has 0 aliphatic heterocycles. The van der Waals surface area contributed by atoms with Gasteiger partial charge in [-0.05, 0) is 35.4 Å². The fourth-order valence-corrected chi connectivity index (χ4v) is 3.97. The molecule has 0 amide bonds. The van der Waals surface area contributed by atoms with Gasteiger partial charge in [0.1, 0.15) is 24.0 Å². The highest BCUT2D eigenvalue weighted by Gasteiger charge is 2.14. The maximum absolute atomic E-state index is 12.5. The lowest BCUT2D eigenvalue weighted by Crippen LogP contribution is -2.14. The Morgan fingerprint density at radius 1 is 1.00 bits per heavy atom. The number of thioether (sulfide) groups is 1. The number of nitro groups is 1. The number of nitriles is 1. The van der Waals surface area contributed by atoms with Gasteiger partial charge in [-0.15, -0.1) is 0 Å². The van der Waals surface area contributed by atoms with Crippen molar-refractivity contribution in [3.63, 3.8) is 0 Å². The molecule has 0 aliphatic carbocycles. The lowest BCUT2D eigenvalue weighted by atomic mass is 10.1. The topological polar surface area (TPSA) is 122 Å². The fourth-order valence-electron chi connectivity index (χ4n) is 3.15. The first-order valence-corrected chi connectivity index (χ1v) is 11.2. The van der Waals surface area contributed by atoms with E-state index in [1.54, 1.807) is 36.4 Å². The van der Waals surface area contributed by atoms with Gasteiger partial charge < -0.3 is 9.72 Å². The smallest absolute Gasteiger partial charge is 0.270 e. The Morgan fingerprint density at radius 2 is 1.71 bits per heavy atom. The van der Waals surface area contributed by atoms with Crippen molar-refractivity contribution in [3.05, 3.63) is 116 Å². The molecule has 0 saturated heterocycles. The van der Waals surface area contributed by atoms with E-state index in [-0.39, 0.29) is 16.9 Å². The molecular formula is C25H18N4O4S. The fraction of sp³-hybridized carbons (Fsp3) is 0.0800. The monoisotopic (exact) mass is 470 g/mol. The molecular weight excluding hydrogens is 452 g/mol. The Bertz CT molecular complexity index is 1400. The largest absolute Gasteiger partial charge is 0.489 e. The van der Waals surface area contributed by atoms with Crippen LogP contribution in [0.5, 0.6) is 5.75 Å². The van der Waals surface area contributed by atoms with E-state index in [9.17, 15) is 20.2 Å². The number of nitrogens with one attached hydrogen (secondary N) is 1. The summed E-state index contributed by atoms with van der Waals surface area (Å²) in [6.07, 6.45) is 0. The van der Waals surface area contributed by atoms with E-state index in [1.807, 2.05) is 36.4 Å². The van der Waals surface area contributed by atoms with E-state index in [0.717, 1.165) is 11.1 Å². The van der Waals surface area contributed by atoms with Crippen LogP contribution in [0.2, 0.25) is 0 Å². The summed E-state index contributed by atoms with van der Waals surface area (Å²) in [5.41, 5.74) is 2.20. The molecule has 9 heteroatoms. The minimum Gasteiger partial charge on any atom is -0.489 e. The van der Waals surface area contributed by atoms with Crippen LogP contribution in [0.4, 0.5) is 5.69 Å². The van der Waals surface area contributed by atoms with Crippen molar-refractivity contribution in [2.45, 2.75) is 17.5 Å². The van der Waals surface area contributed by atoms with Crippen LogP contribution in [0.25, 0.3) is 11.3 Å². The number of H-pyrrole nitrogens is 1. The van der Waals surface area contributed by atoms with Crippen LogP contribution in [0.15, 0.2) is 88.8 Å².